The zero-order valence-electron chi connectivity index (χ0n) is 14.7. The zero-order chi connectivity index (χ0) is 18.7. The molecule has 0 bridgehead atoms. The summed E-state index contributed by atoms with van der Waals surface area (Å²) in [7, 11) is 0. The van der Waals surface area contributed by atoms with Crippen LogP contribution in [0.1, 0.15) is 20.3 Å². The number of hydrogen-bond acceptors (Lipinski definition) is 3. The van der Waals surface area contributed by atoms with Crippen LogP contribution in [-0.4, -0.2) is 17.9 Å². The molecule has 2 unspecified atom stereocenters. The Kier molecular flexibility index (Phi) is 5.47. The van der Waals surface area contributed by atoms with Crippen molar-refractivity contribution in [2.45, 2.75) is 26.4 Å². The predicted octanol–water partition coefficient (Wildman–Crippen LogP) is 4.34. The van der Waals surface area contributed by atoms with Gasteiger partial charge >= 0.3 is 0 Å². The molecule has 3 rings (SSSR count). The van der Waals surface area contributed by atoms with Gasteiger partial charge in [0.2, 0.25) is 11.8 Å². The maximum absolute atomic E-state index is 12.3. The van der Waals surface area contributed by atoms with E-state index in [0.717, 1.165) is 5.75 Å². The Morgan fingerprint density at radius 1 is 1.00 bits per heavy atom. The van der Waals surface area contributed by atoms with Gasteiger partial charge in [-0.15, -0.1) is 0 Å². The lowest BCUT2D eigenvalue weighted by molar-refractivity contribution is -0.122. The quantitative estimate of drug-likeness (QED) is 0.792. The topological polar surface area (TPSA) is 67.4 Å². The van der Waals surface area contributed by atoms with E-state index in [1.54, 1.807) is 36.4 Å². The number of carbonyl (C=O) groups excluding carboxylic acids is 2. The second-order valence-electron chi connectivity index (χ2n) is 6.60. The van der Waals surface area contributed by atoms with Gasteiger partial charge in [-0.1, -0.05) is 23.7 Å². The van der Waals surface area contributed by atoms with Crippen molar-refractivity contribution in [3.63, 3.8) is 0 Å². The standard InChI is InChI=1S/C20H21ClN2O3/c1-12(2)26-14-9-7-13(8-10-14)22-19(24)15-11-16(15)20(25)23-18-6-4-3-5-17(18)21/h3-10,12,15-16H,11H2,1-2H3,(H,22,24)(H,23,25). The molecule has 0 spiro atoms. The van der Waals surface area contributed by atoms with Gasteiger partial charge in [0.25, 0.3) is 0 Å². The predicted molar refractivity (Wildman–Crippen MR) is 103 cm³/mol. The van der Waals surface area contributed by atoms with Crippen LogP contribution in [0.15, 0.2) is 48.5 Å². The number of halogens is 1. The van der Waals surface area contributed by atoms with E-state index in [0.29, 0.717) is 22.8 Å². The highest BCUT2D eigenvalue weighted by Gasteiger charge is 2.48. The van der Waals surface area contributed by atoms with Crippen LogP contribution in [-0.2, 0) is 9.59 Å². The van der Waals surface area contributed by atoms with Gasteiger partial charge in [0, 0.05) is 5.69 Å². The molecule has 6 heteroatoms. The number of anilines is 2. The molecule has 26 heavy (non-hydrogen) atoms. The van der Waals surface area contributed by atoms with E-state index in [1.165, 1.54) is 0 Å². The van der Waals surface area contributed by atoms with Gasteiger partial charge < -0.3 is 15.4 Å². The average molecular weight is 373 g/mol. The molecule has 2 aromatic carbocycles. The van der Waals surface area contributed by atoms with Crippen molar-refractivity contribution >= 4 is 34.8 Å². The number of benzene rings is 2. The number of amides is 2. The van der Waals surface area contributed by atoms with Crippen molar-refractivity contribution in [2.24, 2.45) is 11.8 Å². The van der Waals surface area contributed by atoms with Crippen molar-refractivity contribution in [3.8, 4) is 5.75 Å². The fourth-order valence-electron chi connectivity index (χ4n) is 2.69. The lowest BCUT2D eigenvalue weighted by Gasteiger charge is -2.10. The van der Waals surface area contributed by atoms with E-state index in [4.69, 9.17) is 16.3 Å². The van der Waals surface area contributed by atoms with Gasteiger partial charge in [0.05, 0.1) is 28.6 Å². The highest BCUT2D eigenvalue weighted by atomic mass is 35.5. The molecule has 1 saturated carbocycles. The Bertz CT molecular complexity index is 805. The van der Waals surface area contributed by atoms with E-state index < -0.39 is 0 Å². The minimum absolute atomic E-state index is 0.0966. The molecule has 2 amide bonds. The molecule has 1 aliphatic carbocycles. The molecule has 5 nitrogen and oxygen atoms in total. The number of carbonyl (C=O) groups is 2. The van der Waals surface area contributed by atoms with E-state index in [1.807, 2.05) is 26.0 Å². The van der Waals surface area contributed by atoms with Gasteiger partial charge in [-0.2, -0.15) is 0 Å². The van der Waals surface area contributed by atoms with Gasteiger partial charge in [-0.3, -0.25) is 9.59 Å². The highest BCUT2D eigenvalue weighted by Crippen LogP contribution is 2.40. The Morgan fingerprint density at radius 3 is 2.23 bits per heavy atom. The monoisotopic (exact) mass is 372 g/mol. The van der Waals surface area contributed by atoms with Crippen LogP contribution < -0.4 is 15.4 Å². The van der Waals surface area contributed by atoms with Crippen LogP contribution >= 0.6 is 11.6 Å². The summed E-state index contributed by atoms with van der Waals surface area (Å²) in [5, 5.41) is 6.10. The molecule has 0 aliphatic heterocycles. The number of para-hydroxylation sites is 1. The fraction of sp³-hybridized carbons (Fsp3) is 0.300. The number of rotatable bonds is 6. The molecule has 2 atom stereocenters. The van der Waals surface area contributed by atoms with Gasteiger partial charge in [-0.05, 0) is 56.7 Å². The molecule has 2 aromatic rings. The summed E-state index contributed by atoms with van der Waals surface area (Å²) in [5.41, 5.74) is 1.24. The normalized spacial score (nSPS) is 18.3. The summed E-state index contributed by atoms with van der Waals surface area (Å²) >= 11 is 6.04. The molecule has 136 valence electrons. The average Bonchev–Trinajstić information content (AvgIpc) is 3.39. The maximum atomic E-state index is 12.3. The molecular weight excluding hydrogens is 352 g/mol. The molecule has 0 radical (unpaired) electrons. The fourth-order valence-corrected chi connectivity index (χ4v) is 2.87. The third-order valence-corrected chi connectivity index (χ3v) is 4.42. The van der Waals surface area contributed by atoms with Crippen LogP contribution in [0.25, 0.3) is 0 Å². The summed E-state index contributed by atoms with van der Waals surface area (Å²) in [6.07, 6.45) is 0.635. The van der Waals surface area contributed by atoms with Crippen molar-refractivity contribution < 1.29 is 14.3 Å². The van der Waals surface area contributed by atoms with Crippen LogP contribution in [0.3, 0.4) is 0 Å². The first kappa shape index (κ1) is 18.3. The zero-order valence-corrected chi connectivity index (χ0v) is 15.4. The van der Waals surface area contributed by atoms with E-state index in [9.17, 15) is 9.59 Å². The lowest BCUT2D eigenvalue weighted by Crippen LogP contribution is -2.20. The third-order valence-electron chi connectivity index (χ3n) is 4.09. The van der Waals surface area contributed by atoms with Crippen LogP contribution in [0, 0.1) is 11.8 Å². The maximum Gasteiger partial charge on any atom is 0.228 e. The Balaban J connectivity index is 1.52. The summed E-state index contributed by atoms with van der Waals surface area (Å²) < 4.78 is 5.57. The van der Waals surface area contributed by atoms with E-state index >= 15 is 0 Å². The second-order valence-corrected chi connectivity index (χ2v) is 7.01. The molecule has 1 aliphatic rings. The molecule has 0 heterocycles. The molecule has 2 N–H and O–H groups in total. The number of nitrogens with one attached hydrogen (secondary N) is 2. The second kappa shape index (κ2) is 7.79. The van der Waals surface area contributed by atoms with Crippen LogP contribution in [0.5, 0.6) is 5.75 Å². The summed E-state index contributed by atoms with van der Waals surface area (Å²) in [5.74, 6) is -0.221. The third kappa shape index (κ3) is 4.55. The van der Waals surface area contributed by atoms with Crippen molar-refractivity contribution in [1.29, 1.82) is 0 Å². The van der Waals surface area contributed by atoms with Crippen LogP contribution in [0.4, 0.5) is 11.4 Å². The summed E-state index contributed by atoms with van der Waals surface area (Å²) in [4.78, 5) is 24.6. The Hall–Kier alpha value is -2.53. The van der Waals surface area contributed by atoms with Crippen molar-refractivity contribution in [2.75, 3.05) is 10.6 Å². The van der Waals surface area contributed by atoms with Gasteiger partial charge in [-0.25, -0.2) is 0 Å². The first-order chi connectivity index (χ1) is 12.4. The van der Waals surface area contributed by atoms with Crippen molar-refractivity contribution in [1.82, 2.24) is 0 Å². The molecule has 1 fully saturated rings. The van der Waals surface area contributed by atoms with E-state index in [2.05, 4.69) is 10.6 Å². The first-order valence-corrected chi connectivity index (χ1v) is 8.95. The SMILES string of the molecule is CC(C)Oc1ccc(NC(=O)C2CC2C(=O)Nc2ccccc2Cl)cc1. The largest absolute Gasteiger partial charge is 0.491 e. The number of hydrogen-bond donors (Lipinski definition) is 2. The molecule has 0 aromatic heterocycles. The smallest absolute Gasteiger partial charge is 0.228 e. The van der Waals surface area contributed by atoms with Crippen molar-refractivity contribution in [3.05, 3.63) is 53.6 Å². The first-order valence-electron chi connectivity index (χ1n) is 8.57. The molecular formula is C20H21ClN2O3. The minimum atomic E-state index is -0.324. The molecule has 0 saturated heterocycles. The van der Waals surface area contributed by atoms with Gasteiger partial charge in [0.1, 0.15) is 5.75 Å². The lowest BCUT2D eigenvalue weighted by atomic mass is 10.2. The Labute approximate surface area is 157 Å². The van der Waals surface area contributed by atoms with E-state index in [-0.39, 0.29) is 29.8 Å². The Morgan fingerprint density at radius 2 is 1.62 bits per heavy atom. The summed E-state index contributed by atoms with van der Waals surface area (Å²) in [6.45, 7) is 3.91. The minimum Gasteiger partial charge on any atom is -0.491 e. The summed E-state index contributed by atoms with van der Waals surface area (Å²) in [6, 6.07) is 14.2. The highest BCUT2D eigenvalue weighted by molar-refractivity contribution is 6.33. The van der Waals surface area contributed by atoms with Crippen LogP contribution in [0.2, 0.25) is 5.02 Å². The number of ether oxygens (including phenoxy) is 1. The van der Waals surface area contributed by atoms with Gasteiger partial charge in [0.15, 0.2) is 0 Å².